The molecule has 0 aliphatic carbocycles. The Morgan fingerprint density at radius 3 is 2.46 bits per heavy atom. The molecule has 0 saturated carbocycles. The Labute approximate surface area is 153 Å². The summed E-state index contributed by atoms with van der Waals surface area (Å²) in [5.74, 6) is -0.396. The standard InChI is InChI=1S/C21H22N2O3/c1-14-11-22(13-18(14)20(24)26-2)21(25)23-12-15-7-3-4-8-16(15)17-9-5-6-10-19(17)23/h3-10,14,18H,11-13H2,1-2H3/t14-,18-/m1/s1. The molecule has 5 heteroatoms. The van der Waals surface area contributed by atoms with E-state index in [1.807, 2.05) is 42.2 Å². The Bertz CT molecular complexity index is 864. The molecular weight excluding hydrogens is 328 g/mol. The molecule has 2 aliphatic rings. The summed E-state index contributed by atoms with van der Waals surface area (Å²) in [4.78, 5) is 28.8. The van der Waals surface area contributed by atoms with E-state index < -0.39 is 0 Å². The minimum Gasteiger partial charge on any atom is -0.469 e. The van der Waals surface area contributed by atoms with E-state index in [0.29, 0.717) is 19.6 Å². The second kappa shape index (κ2) is 6.48. The lowest BCUT2D eigenvalue weighted by molar-refractivity contribution is -0.145. The molecule has 2 heterocycles. The topological polar surface area (TPSA) is 49.9 Å². The Kier molecular flexibility index (Phi) is 4.15. The van der Waals surface area contributed by atoms with Crippen molar-refractivity contribution in [3.05, 3.63) is 54.1 Å². The minimum absolute atomic E-state index is 0.0507. The van der Waals surface area contributed by atoms with Crippen molar-refractivity contribution in [2.24, 2.45) is 11.8 Å². The first-order valence-corrected chi connectivity index (χ1v) is 8.91. The number of hydrogen-bond donors (Lipinski definition) is 0. The third-order valence-electron chi connectivity index (χ3n) is 5.45. The van der Waals surface area contributed by atoms with E-state index in [4.69, 9.17) is 4.74 Å². The molecule has 1 saturated heterocycles. The number of para-hydroxylation sites is 1. The van der Waals surface area contributed by atoms with Gasteiger partial charge in [-0.15, -0.1) is 0 Å². The fourth-order valence-electron chi connectivity index (χ4n) is 4.04. The molecule has 134 valence electrons. The summed E-state index contributed by atoms with van der Waals surface area (Å²) in [6.45, 7) is 3.51. The number of hydrogen-bond acceptors (Lipinski definition) is 3. The van der Waals surface area contributed by atoms with Gasteiger partial charge < -0.3 is 9.64 Å². The number of urea groups is 1. The molecular formula is C21H22N2O3. The quantitative estimate of drug-likeness (QED) is 0.739. The molecule has 5 nitrogen and oxygen atoms in total. The van der Waals surface area contributed by atoms with Crippen LogP contribution < -0.4 is 4.90 Å². The van der Waals surface area contributed by atoms with E-state index in [1.54, 1.807) is 4.90 Å². The van der Waals surface area contributed by atoms with Gasteiger partial charge >= 0.3 is 12.0 Å². The normalized spacial score (nSPS) is 21.2. The van der Waals surface area contributed by atoms with Crippen molar-refractivity contribution in [3.63, 3.8) is 0 Å². The molecule has 2 atom stereocenters. The number of fused-ring (bicyclic) bond motifs is 3. The first-order chi connectivity index (χ1) is 12.6. The van der Waals surface area contributed by atoms with Crippen LogP contribution in [0.2, 0.25) is 0 Å². The lowest BCUT2D eigenvalue weighted by Crippen LogP contribution is -2.43. The number of esters is 1. The smallest absolute Gasteiger partial charge is 0.324 e. The Morgan fingerprint density at radius 2 is 1.69 bits per heavy atom. The highest BCUT2D eigenvalue weighted by molar-refractivity contribution is 5.99. The number of carbonyl (C=O) groups is 2. The summed E-state index contributed by atoms with van der Waals surface area (Å²) in [6, 6.07) is 16.1. The van der Waals surface area contributed by atoms with E-state index in [-0.39, 0.29) is 23.8 Å². The fourth-order valence-corrected chi connectivity index (χ4v) is 4.04. The number of ether oxygens (including phenoxy) is 1. The van der Waals surface area contributed by atoms with Crippen molar-refractivity contribution >= 4 is 17.7 Å². The number of carbonyl (C=O) groups excluding carboxylic acids is 2. The van der Waals surface area contributed by atoms with Gasteiger partial charge in [0.05, 0.1) is 25.3 Å². The molecule has 4 rings (SSSR count). The maximum absolute atomic E-state index is 13.3. The zero-order chi connectivity index (χ0) is 18.3. The highest BCUT2D eigenvalue weighted by atomic mass is 16.5. The van der Waals surface area contributed by atoms with Crippen LogP contribution in [0.15, 0.2) is 48.5 Å². The van der Waals surface area contributed by atoms with Gasteiger partial charge in [-0.3, -0.25) is 9.69 Å². The van der Waals surface area contributed by atoms with Gasteiger partial charge in [0.15, 0.2) is 0 Å². The van der Waals surface area contributed by atoms with Gasteiger partial charge in [-0.25, -0.2) is 4.79 Å². The number of rotatable bonds is 1. The SMILES string of the molecule is COC(=O)[C@@H]1CN(C(=O)N2Cc3ccccc3-c3ccccc32)C[C@H]1C. The number of methoxy groups -OCH3 is 1. The van der Waals surface area contributed by atoms with Crippen LogP contribution >= 0.6 is 0 Å². The molecule has 0 N–H and O–H groups in total. The van der Waals surface area contributed by atoms with Gasteiger partial charge in [-0.2, -0.15) is 0 Å². The first kappa shape index (κ1) is 16.6. The number of amides is 2. The molecule has 2 amide bonds. The van der Waals surface area contributed by atoms with E-state index in [1.165, 1.54) is 12.7 Å². The predicted octanol–water partition coefficient (Wildman–Crippen LogP) is 3.53. The zero-order valence-corrected chi connectivity index (χ0v) is 15.0. The first-order valence-electron chi connectivity index (χ1n) is 8.91. The van der Waals surface area contributed by atoms with Crippen LogP contribution in [0.25, 0.3) is 11.1 Å². The summed E-state index contributed by atoms with van der Waals surface area (Å²) in [6.07, 6.45) is 0. The van der Waals surface area contributed by atoms with E-state index in [0.717, 1.165) is 16.8 Å². The van der Waals surface area contributed by atoms with Crippen LogP contribution in [0.4, 0.5) is 10.5 Å². The van der Waals surface area contributed by atoms with Gasteiger partial charge in [0, 0.05) is 18.7 Å². The number of nitrogens with zero attached hydrogens (tertiary/aromatic N) is 2. The highest BCUT2D eigenvalue weighted by Crippen LogP contribution is 2.39. The van der Waals surface area contributed by atoms with Gasteiger partial charge in [-0.05, 0) is 23.1 Å². The average Bonchev–Trinajstić information content (AvgIpc) is 3.08. The van der Waals surface area contributed by atoms with Crippen molar-refractivity contribution in [2.75, 3.05) is 25.1 Å². The third kappa shape index (κ3) is 2.64. The summed E-state index contributed by atoms with van der Waals surface area (Å²) in [5, 5.41) is 0. The van der Waals surface area contributed by atoms with Crippen molar-refractivity contribution in [2.45, 2.75) is 13.5 Å². The summed E-state index contributed by atoms with van der Waals surface area (Å²) < 4.78 is 4.89. The van der Waals surface area contributed by atoms with E-state index in [2.05, 4.69) is 18.2 Å². The van der Waals surface area contributed by atoms with Gasteiger partial charge in [0.2, 0.25) is 0 Å². The summed E-state index contributed by atoms with van der Waals surface area (Å²) >= 11 is 0. The zero-order valence-electron chi connectivity index (χ0n) is 15.0. The lowest BCUT2D eigenvalue weighted by Gasteiger charge is -2.34. The minimum atomic E-state index is -0.253. The Morgan fingerprint density at radius 1 is 1.00 bits per heavy atom. The number of likely N-dealkylation sites (tertiary alicyclic amines) is 1. The van der Waals surface area contributed by atoms with Gasteiger partial charge in [0.1, 0.15) is 0 Å². The van der Waals surface area contributed by atoms with Crippen LogP contribution in [0.1, 0.15) is 12.5 Å². The van der Waals surface area contributed by atoms with Gasteiger partial charge in [0.25, 0.3) is 0 Å². The van der Waals surface area contributed by atoms with Crippen molar-refractivity contribution in [3.8, 4) is 11.1 Å². The second-order valence-corrected chi connectivity index (χ2v) is 7.05. The molecule has 0 aromatic heterocycles. The van der Waals surface area contributed by atoms with Crippen molar-refractivity contribution in [1.82, 2.24) is 4.90 Å². The third-order valence-corrected chi connectivity index (χ3v) is 5.45. The van der Waals surface area contributed by atoms with E-state index >= 15 is 0 Å². The highest BCUT2D eigenvalue weighted by Gasteiger charge is 2.40. The predicted molar refractivity (Wildman–Crippen MR) is 99.7 cm³/mol. The fraction of sp³-hybridized carbons (Fsp3) is 0.333. The van der Waals surface area contributed by atoms with Crippen molar-refractivity contribution < 1.29 is 14.3 Å². The summed E-state index contributed by atoms with van der Waals surface area (Å²) in [5.41, 5.74) is 4.30. The molecule has 1 fully saturated rings. The number of anilines is 1. The maximum Gasteiger partial charge on any atom is 0.324 e. The Hall–Kier alpha value is -2.82. The molecule has 0 bridgehead atoms. The molecule has 0 unspecified atom stereocenters. The maximum atomic E-state index is 13.3. The Balaban J connectivity index is 1.65. The van der Waals surface area contributed by atoms with E-state index in [9.17, 15) is 9.59 Å². The second-order valence-electron chi connectivity index (χ2n) is 7.05. The van der Waals surface area contributed by atoms with Crippen LogP contribution in [-0.2, 0) is 16.1 Å². The molecule has 0 radical (unpaired) electrons. The molecule has 2 aliphatic heterocycles. The van der Waals surface area contributed by atoms with Crippen LogP contribution in [0.3, 0.4) is 0 Å². The van der Waals surface area contributed by atoms with Gasteiger partial charge in [-0.1, -0.05) is 49.4 Å². The monoisotopic (exact) mass is 350 g/mol. The summed E-state index contributed by atoms with van der Waals surface area (Å²) in [7, 11) is 1.40. The van der Waals surface area contributed by atoms with Crippen LogP contribution in [0, 0.1) is 11.8 Å². The van der Waals surface area contributed by atoms with Crippen molar-refractivity contribution in [1.29, 1.82) is 0 Å². The largest absolute Gasteiger partial charge is 0.469 e. The molecule has 2 aromatic carbocycles. The number of benzene rings is 2. The molecule has 2 aromatic rings. The molecule has 0 spiro atoms. The average molecular weight is 350 g/mol. The molecule has 26 heavy (non-hydrogen) atoms. The van der Waals surface area contributed by atoms with Crippen LogP contribution in [0.5, 0.6) is 0 Å². The van der Waals surface area contributed by atoms with Crippen LogP contribution in [-0.4, -0.2) is 37.1 Å². The lowest BCUT2D eigenvalue weighted by atomic mass is 9.93.